The molecule has 0 spiro atoms. The summed E-state index contributed by atoms with van der Waals surface area (Å²) in [6.45, 7) is 6.18. The van der Waals surface area contributed by atoms with Crippen molar-refractivity contribution in [2.45, 2.75) is 70.0 Å². The standard InChI is InChI=1S/C19H33N7/c1-3-7-15-16-17(25(2)24-15)18(21-14-8-5-4-6-9-14)23-19(22-16)26-12-10-20-11-13-26/h14,16-17,20H,3-13H2,1-2H3,(H,21,22,23). The van der Waals surface area contributed by atoms with Crippen LogP contribution in [0.25, 0.3) is 0 Å². The van der Waals surface area contributed by atoms with Crippen LogP contribution in [0.4, 0.5) is 0 Å². The first-order chi connectivity index (χ1) is 12.8. The number of amidine groups is 1. The Bertz CT molecular complexity index is 585. The van der Waals surface area contributed by atoms with E-state index in [1.807, 2.05) is 0 Å². The van der Waals surface area contributed by atoms with E-state index in [1.54, 1.807) is 0 Å². The molecule has 4 aliphatic rings. The Labute approximate surface area is 157 Å². The fourth-order valence-corrected chi connectivity index (χ4v) is 4.55. The van der Waals surface area contributed by atoms with Crippen LogP contribution in [-0.4, -0.2) is 78.8 Å². The summed E-state index contributed by atoms with van der Waals surface area (Å²) in [6, 6.07) is 0.813. The van der Waals surface area contributed by atoms with Gasteiger partial charge in [0.05, 0.1) is 5.71 Å². The third-order valence-electron chi connectivity index (χ3n) is 5.95. The number of guanidine groups is 1. The second kappa shape index (κ2) is 7.94. The van der Waals surface area contributed by atoms with Gasteiger partial charge < -0.3 is 15.5 Å². The quantitative estimate of drug-likeness (QED) is 0.800. The van der Waals surface area contributed by atoms with Crippen LogP contribution >= 0.6 is 0 Å². The summed E-state index contributed by atoms with van der Waals surface area (Å²) in [5.74, 6) is 1.99. The lowest BCUT2D eigenvalue weighted by Crippen LogP contribution is -2.55. The zero-order chi connectivity index (χ0) is 17.9. The van der Waals surface area contributed by atoms with Crippen molar-refractivity contribution in [3.05, 3.63) is 0 Å². The number of hydrazone groups is 1. The molecule has 3 aliphatic heterocycles. The van der Waals surface area contributed by atoms with Gasteiger partial charge in [-0.15, -0.1) is 0 Å². The first kappa shape index (κ1) is 17.8. The molecule has 2 N–H and O–H groups in total. The zero-order valence-electron chi connectivity index (χ0n) is 16.2. The minimum absolute atomic E-state index is 0.119. The molecule has 7 heteroatoms. The van der Waals surface area contributed by atoms with Crippen LogP contribution in [-0.2, 0) is 0 Å². The third kappa shape index (κ3) is 3.59. The van der Waals surface area contributed by atoms with E-state index in [9.17, 15) is 0 Å². The number of fused-ring (bicyclic) bond motifs is 1. The summed E-state index contributed by atoms with van der Waals surface area (Å²) in [5, 5.41) is 14.1. The lowest BCUT2D eigenvalue weighted by Gasteiger charge is -2.36. The number of nitrogens with zero attached hydrogens (tertiary/aromatic N) is 5. The predicted molar refractivity (Wildman–Crippen MR) is 107 cm³/mol. The molecule has 4 rings (SSSR count). The first-order valence-corrected chi connectivity index (χ1v) is 10.4. The van der Waals surface area contributed by atoms with Crippen molar-refractivity contribution in [3.8, 4) is 0 Å². The highest BCUT2D eigenvalue weighted by Crippen LogP contribution is 2.26. The molecular weight excluding hydrogens is 326 g/mol. The molecule has 3 heterocycles. The molecule has 7 nitrogen and oxygen atoms in total. The van der Waals surface area contributed by atoms with E-state index in [-0.39, 0.29) is 12.1 Å². The summed E-state index contributed by atoms with van der Waals surface area (Å²) in [4.78, 5) is 12.4. The fourth-order valence-electron chi connectivity index (χ4n) is 4.55. The molecule has 0 aromatic rings. The van der Waals surface area contributed by atoms with Gasteiger partial charge in [-0.2, -0.15) is 10.1 Å². The normalized spacial score (nSPS) is 29.8. The molecule has 0 aromatic carbocycles. The molecule has 144 valence electrons. The van der Waals surface area contributed by atoms with Crippen LogP contribution < -0.4 is 10.6 Å². The Morgan fingerprint density at radius 1 is 1.15 bits per heavy atom. The van der Waals surface area contributed by atoms with Crippen molar-refractivity contribution in [1.82, 2.24) is 20.5 Å². The van der Waals surface area contributed by atoms with E-state index >= 15 is 0 Å². The van der Waals surface area contributed by atoms with Crippen molar-refractivity contribution in [3.63, 3.8) is 0 Å². The van der Waals surface area contributed by atoms with Crippen LogP contribution in [0.1, 0.15) is 51.9 Å². The highest BCUT2D eigenvalue weighted by molar-refractivity contribution is 6.08. The maximum absolute atomic E-state index is 5.08. The first-order valence-electron chi connectivity index (χ1n) is 10.4. The molecule has 0 radical (unpaired) electrons. The van der Waals surface area contributed by atoms with Gasteiger partial charge in [0, 0.05) is 39.3 Å². The van der Waals surface area contributed by atoms with Crippen LogP contribution in [0.3, 0.4) is 0 Å². The summed E-state index contributed by atoms with van der Waals surface area (Å²) in [6.07, 6.45) is 8.65. The van der Waals surface area contributed by atoms with Crippen LogP contribution in [0.15, 0.2) is 15.1 Å². The SMILES string of the molecule is CCCC1=NN(C)C2C(NC3CCCCC3)=NC(N3CCNCC3)=NC12. The minimum atomic E-state index is 0.119. The molecule has 0 bridgehead atoms. The van der Waals surface area contributed by atoms with Crippen molar-refractivity contribution < 1.29 is 0 Å². The van der Waals surface area contributed by atoms with Gasteiger partial charge in [-0.05, 0) is 19.3 Å². The van der Waals surface area contributed by atoms with Gasteiger partial charge in [-0.25, -0.2) is 4.99 Å². The van der Waals surface area contributed by atoms with E-state index < -0.39 is 0 Å². The molecule has 0 aromatic heterocycles. The highest BCUT2D eigenvalue weighted by Gasteiger charge is 2.42. The van der Waals surface area contributed by atoms with Gasteiger partial charge in [0.25, 0.3) is 0 Å². The van der Waals surface area contributed by atoms with Gasteiger partial charge in [-0.1, -0.05) is 32.6 Å². The number of piperazine rings is 1. The van der Waals surface area contributed by atoms with Gasteiger partial charge in [0.2, 0.25) is 5.96 Å². The van der Waals surface area contributed by atoms with Gasteiger partial charge in [-0.3, -0.25) is 5.01 Å². The second-order valence-electron chi connectivity index (χ2n) is 7.95. The van der Waals surface area contributed by atoms with Crippen LogP contribution in [0, 0.1) is 0 Å². The number of likely N-dealkylation sites (N-methyl/N-ethyl adjacent to an activating group) is 1. The van der Waals surface area contributed by atoms with Gasteiger partial charge in [0.1, 0.15) is 17.9 Å². The third-order valence-corrected chi connectivity index (χ3v) is 5.95. The molecule has 2 unspecified atom stereocenters. The monoisotopic (exact) mass is 359 g/mol. The smallest absolute Gasteiger partial charge is 0.223 e. The second-order valence-corrected chi connectivity index (χ2v) is 7.95. The zero-order valence-corrected chi connectivity index (χ0v) is 16.2. The summed E-state index contributed by atoms with van der Waals surface area (Å²) in [7, 11) is 2.07. The lowest BCUT2D eigenvalue weighted by molar-refractivity contribution is 0.310. The van der Waals surface area contributed by atoms with Crippen LogP contribution in [0.2, 0.25) is 0 Å². The van der Waals surface area contributed by atoms with Crippen molar-refractivity contribution in [1.29, 1.82) is 0 Å². The van der Waals surface area contributed by atoms with E-state index in [2.05, 4.69) is 34.5 Å². The molecule has 1 aliphatic carbocycles. The molecule has 1 saturated carbocycles. The average Bonchev–Trinajstić information content (AvgIpc) is 2.99. The number of rotatable bonds is 3. The summed E-state index contributed by atoms with van der Waals surface area (Å²) in [5.41, 5.74) is 1.21. The Hall–Kier alpha value is -1.63. The Morgan fingerprint density at radius 2 is 1.92 bits per heavy atom. The number of aliphatic imine (C=N–C) groups is 2. The molecule has 1 saturated heterocycles. The Kier molecular flexibility index (Phi) is 5.43. The van der Waals surface area contributed by atoms with Crippen LogP contribution in [0.5, 0.6) is 0 Å². The number of hydrogen-bond acceptors (Lipinski definition) is 7. The summed E-state index contributed by atoms with van der Waals surface area (Å²) < 4.78 is 0. The average molecular weight is 360 g/mol. The molecule has 2 fully saturated rings. The number of hydrogen-bond donors (Lipinski definition) is 2. The summed E-state index contributed by atoms with van der Waals surface area (Å²) >= 11 is 0. The van der Waals surface area contributed by atoms with Crippen molar-refractivity contribution >= 4 is 17.5 Å². The Morgan fingerprint density at radius 3 is 2.65 bits per heavy atom. The maximum Gasteiger partial charge on any atom is 0.223 e. The molecular formula is C19H33N7. The molecule has 2 atom stereocenters. The maximum atomic E-state index is 5.08. The largest absolute Gasteiger partial charge is 0.369 e. The Balaban J connectivity index is 1.59. The van der Waals surface area contributed by atoms with E-state index in [0.29, 0.717) is 6.04 Å². The van der Waals surface area contributed by atoms with Crippen molar-refractivity contribution in [2.75, 3.05) is 33.2 Å². The fraction of sp³-hybridized carbons (Fsp3) is 0.842. The van der Waals surface area contributed by atoms with E-state index in [4.69, 9.17) is 15.1 Å². The van der Waals surface area contributed by atoms with E-state index in [0.717, 1.165) is 50.8 Å². The molecule has 0 amide bonds. The predicted octanol–water partition coefficient (Wildman–Crippen LogP) is 1.42. The van der Waals surface area contributed by atoms with E-state index in [1.165, 1.54) is 37.8 Å². The minimum Gasteiger partial charge on any atom is -0.369 e. The van der Waals surface area contributed by atoms with Gasteiger partial charge >= 0.3 is 0 Å². The van der Waals surface area contributed by atoms with Gasteiger partial charge in [0.15, 0.2) is 0 Å². The lowest BCUT2D eigenvalue weighted by atomic mass is 9.94. The number of nitrogens with one attached hydrogen (secondary N) is 2. The van der Waals surface area contributed by atoms with Crippen molar-refractivity contribution in [2.24, 2.45) is 15.1 Å². The molecule has 26 heavy (non-hydrogen) atoms. The highest BCUT2D eigenvalue weighted by atomic mass is 15.5. The topological polar surface area (TPSA) is 67.6 Å².